The fourth-order valence-corrected chi connectivity index (χ4v) is 8.19. The number of halogens is 1. The molecule has 33 heavy (non-hydrogen) atoms. The number of carbonyl (C=O) groups excluding carboxylic acids is 1. The van der Waals surface area contributed by atoms with E-state index in [1.165, 1.54) is 6.07 Å². The van der Waals surface area contributed by atoms with E-state index in [1.807, 2.05) is 17.0 Å². The number of hydrogen-bond acceptors (Lipinski definition) is 6. The highest BCUT2D eigenvalue weighted by Gasteiger charge is 2.43. The van der Waals surface area contributed by atoms with Gasteiger partial charge in [0.2, 0.25) is 5.91 Å². The quantitative estimate of drug-likeness (QED) is 0.323. The fourth-order valence-electron chi connectivity index (χ4n) is 4.91. The summed E-state index contributed by atoms with van der Waals surface area (Å²) in [6, 6.07) is 13.1. The van der Waals surface area contributed by atoms with Crippen LogP contribution >= 0.6 is 32.9 Å². The van der Waals surface area contributed by atoms with Gasteiger partial charge in [-0.05, 0) is 45.0 Å². The van der Waals surface area contributed by atoms with E-state index in [2.05, 4.69) is 48.8 Å². The van der Waals surface area contributed by atoms with Crippen molar-refractivity contribution in [2.45, 2.75) is 26.3 Å². The molecule has 4 nitrogen and oxygen atoms in total. The van der Waals surface area contributed by atoms with Gasteiger partial charge in [0.15, 0.2) is 0 Å². The molecule has 0 saturated carbocycles. The molecule has 0 N–H and O–H groups in total. The first-order valence-electron chi connectivity index (χ1n) is 11.1. The number of para-hydroxylation sites is 1. The van der Waals surface area contributed by atoms with Gasteiger partial charge in [0.25, 0.3) is 0 Å². The maximum Gasteiger partial charge on any atom is 0.241 e. The van der Waals surface area contributed by atoms with Crippen molar-refractivity contribution in [3.05, 3.63) is 62.5 Å². The second kappa shape index (κ2) is 8.58. The maximum absolute atomic E-state index is 14.2. The molecule has 172 valence electrons. The summed E-state index contributed by atoms with van der Waals surface area (Å²) in [5, 5.41) is 0. The zero-order valence-electron chi connectivity index (χ0n) is 18.9. The highest BCUT2D eigenvalue weighted by atomic mass is 32.9. The van der Waals surface area contributed by atoms with Gasteiger partial charge in [-0.15, -0.1) is 0 Å². The molecule has 0 atom stereocenters. The van der Waals surface area contributed by atoms with Crippen LogP contribution in [0.1, 0.15) is 24.3 Å². The van der Waals surface area contributed by atoms with Gasteiger partial charge in [0.05, 0.1) is 28.3 Å². The van der Waals surface area contributed by atoms with Crippen molar-refractivity contribution in [2.24, 2.45) is 0 Å². The number of piperazine rings is 1. The molecule has 2 aliphatic rings. The third-order valence-corrected chi connectivity index (χ3v) is 9.91. The van der Waals surface area contributed by atoms with Crippen LogP contribution in [-0.2, 0) is 10.3 Å². The molecule has 1 fully saturated rings. The van der Waals surface area contributed by atoms with Crippen molar-refractivity contribution in [1.29, 1.82) is 0 Å². The largest absolute Gasteiger partial charge is 0.367 e. The third-order valence-electron chi connectivity index (χ3n) is 6.58. The fraction of sp³-hybridized carbons (Fsp3) is 0.360. The number of carbonyl (C=O) groups is 1. The van der Waals surface area contributed by atoms with Crippen molar-refractivity contribution in [1.82, 2.24) is 4.90 Å². The minimum absolute atomic E-state index is 0.0828. The molecule has 1 amide bonds. The van der Waals surface area contributed by atoms with Crippen molar-refractivity contribution < 1.29 is 9.18 Å². The molecule has 0 unspecified atom stereocenters. The van der Waals surface area contributed by atoms with Crippen molar-refractivity contribution >= 4 is 50.2 Å². The van der Waals surface area contributed by atoms with E-state index < -0.39 is 5.54 Å². The van der Waals surface area contributed by atoms with E-state index in [9.17, 15) is 9.18 Å². The highest BCUT2D eigenvalue weighted by Crippen LogP contribution is 2.52. The number of nitrogens with zero attached hydrogens (tertiary/aromatic N) is 3. The van der Waals surface area contributed by atoms with E-state index in [0.717, 1.165) is 44.2 Å². The van der Waals surface area contributed by atoms with Crippen LogP contribution in [0, 0.1) is 16.6 Å². The Labute approximate surface area is 206 Å². The molecule has 0 spiro atoms. The van der Waals surface area contributed by atoms with Crippen LogP contribution in [0.15, 0.2) is 42.5 Å². The topological polar surface area (TPSA) is 26.8 Å². The summed E-state index contributed by atoms with van der Waals surface area (Å²) >= 11 is 5.68. The van der Waals surface area contributed by atoms with Crippen LogP contribution in [0.2, 0.25) is 0 Å². The zero-order valence-corrected chi connectivity index (χ0v) is 21.4. The summed E-state index contributed by atoms with van der Waals surface area (Å²) in [6.45, 7) is 9.47. The van der Waals surface area contributed by atoms with Gasteiger partial charge in [-0.2, -0.15) is 0 Å². The van der Waals surface area contributed by atoms with Gasteiger partial charge in [0.1, 0.15) is 9.64 Å². The van der Waals surface area contributed by atoms with Crippen molar-refractivity contribution in [3.63, 3.8) is 0 Å². The van der Waals surface area contributed by atoms with Crippen LogP contribution in [0.25, 0.3) is 11.1 Å². The second-order valence-electron chi connectivity index (χ2n) is 9.18. The number of benzene rings is 2. The lowest BCUT2D eigenvalue weighted by molar-refractivity contribution is -0.121. The molecule has 3 aromatic rings. The summed E-state index contributed by atoms with van der Waals surface area (Å²) in [4.78, 5) is 21.1. The Hall–Kier alpha value is -2.13. The number of rotatable bonds is 3. The van der Waals surface area contributed by atoms with Crippen molar-refractivity contribution in [3.8, 4) is 11.1 Å². The number of amides is 1. The lowest BCUT2D eigenvalue weighted by Crippen LogP contribution is -2.54. The Kier molecular flexibility index (Phi) is 5.89. The van der Waals surface area contributed by atoms with Gasteiger partial charge < -0.3 is 9.80 Å². The Balaban J connectivity index is 1.38. The van der Waals surface area contributed by atoms with Crippen molar-refractivity contribution in [2.75, 3.05) is 42.5 Å². The van der Waals surface area contributed by atoms with Crippen LogP contribution in [-0.4, -0.2) is 43.5 Å². The molecule has 2 aliphatic heterocycles. The van der Waals surface area contributed by atoms with E-state index in [-0.39, 0.29) is 11.7 Å². The third kappa shape index (κ3) is 3.93. The molecule has 1 aromatic heterocycles. The second-order valence-corrected chi connectivity index (χ2v) is 12.0. The molecular weight excluding hydrogens is 473 g/mol. The molecule has 0 radical (unpaired) electrons. The lowest BCUT2D eigenvalue weighted by Gasteiger charge is -2.44. The minimum atomic E-state index is -0.470. The molecule has 1 saturated heterocycles. The molecule has 8 heteroatoms. The first kappa shape index (κ1) is 22.7. The zero-order chi connectivity index (χ0) is 23.3. The van der Waals surface area contributed by atoms with Crippen LogP contribution < -0.4 is 9.80 Å². The summed E-state index contributed by atoms with van der Waals surface area (Å²) < 4.78 is 15.1. The summed E-state index contributed by atoms with van der Waals surface area (Å²) in [5.74, 6) is -0.114. The van der Waals surface area contributed by atoms with Gasteiger partial charge in [-0.25, -0.2) is 4.39 Å². The molecular formula is C25H26FN3OS3. The predicted molar refractivity (Wildman–Crippen MR) is 139 cm³/mol. The molecule has 3 heterocycles. The Morgan fingerprint density at radius 2 is 1.79 bits per heavy atom. The molecule has 0 aliphatic carbocycles. The SMILES string of the molecule is Cc1ccc2c(c1)-c1c(ssc1=S)C(C)(C)N2C(=O)CN1CCN(c2ccccc2F)CC1. The van der Waals surface area contributed by atoms with Gasteiger partial charge in [-0.3, -0.25) is 9.69 Å². The number of aryl methyl sites for hydroxylation is 1. The first-order valence-corrected chi connectivity index (χ1v) is 13.6. The standard InChI is InChI=1S/C25H26FN3OS3/c1-16-8-9-19-17(14-16)22-23(32-33-24(22)31)25(2,3)29(19)21(30)15-27-10-12-28(13-11-27)20-7-5-4-6-18(20)26/h4-9,14H,10-13,15H2,1-3H3. The average molecular weight is 500 g/mol. The van der Waals surface area contributed by atoms with Gasteiger partial charge >= 0.3 is 0 Å². The molecule has 0 bridgehead atoms. The molecule has 2 aromatic carbocycles. The van der Waals surface area contributed by atoms with E-state index >= 15 is 0 Å². The summed E-state index contributed by atoms with van der Waals surface area (Å²) in [7, 11) is 3.30. The first-order chi connectivity index (χ1) is 15.8. The van der Waals surface area contributed by atoms with Crippen LogP contribution in [0.3, 0.4) is 0 Å². The van der Waals surface area contributed by atoms with Crippen LogP contribution in [0.5, 0.6) is 0 Å². The van der Waals surface area contributed by atoms with E-state index in [0.29, 0.717) is 25.3 Å². The van der Waals surface area contributed by atoms with E-state index in [1.54, 1.807) is 26.7 Å². The van der Waals surface area contributed by atoms with Crippen LogP contribution in [0.4, 0.5) is 15.8 Å². The minimum Gasteiger partial charge on any atom is -0.367 e. The average Bonchev–Trinajstić information content (AvgIpc) is 3.18. The Morgan fingerprint density at radius 3 is 2.52 bits per heavy atom. The number of hydrogen-bond donors (Lipinski definition) is 0. The number of fused-ring (bicyclic) bond motifs is 3. The van der Waals surface area contributed by atoms with Gasteiger partial charge in [0, 0.05) is 37.3 Å². The Bertz CT molecular complexity index is 1270. The normalized spacial score (nSPS) is 17.6. The van der Waals surface area contributed by atoms with Gasteiger partial charge in [-0.1, -0.05) is 56.7 Å². The van der Waals surface area contributed by atoms with E-state index in [4.69, 9.17) is 12.2 Å². The Morgan fingerprint density at radius 1 is 1.06 bits per heavy atom. The molecule has 5 rings (SSSR count). The highest BCUT2D eigenvalue weighted by molar-refractivity contribution is 7.80. The smallest absolute Gasteiger partial charge is 0.241 e. The summed E-state index contributed by atoms with van der Waals surface area (Å²) in [5.41, 5.74) is 4.43. The summed E-state index contributed by atoms with van der Waals surface area (Å²) in [6.07, 6.45) is 0. The predicted octanol–water partition coefficient (Wildman–Crippen LogP) is 6.06. The lowest BCUT2D eigenvalue weighted by atomic mass is 9.86. The monoisotopic (exact) mass is 499 g/mol. The maximum atomic E-state index is 14.2. The number of anilines is 2.